The maximum Gasteiger partial charge on any atom is 0.246 e. The van der Waals surface area contributed by atoms with E-state index in [4.69, 9.17) is 9.47 Å². The van der Waals surface area contributed by atoms with Crippen LogP contribution < -0.4 is 14.4 Å². The number of benzene rings is 2. The van der Waals surface area contributed by atoms with Crippen molar-refractivity contribution >= 4 is 11.6 Å². The van der Waals surface area contributed by atoms with Crippen LogP contribution in [0.1, 0.15) is 16.8 Å². The number of nitrogens with zero attached hydrogens (tertiary/aromatic N) is 2. The number of ether oxygens (including phenoxy) is 2. The number of carbonyl (C=O) groups is 1. The summed E-state index contributed by atoms with van der Waals surface area (Å²) in [4.78, 5) is 19.9. The average molecular weight is 358 g/mol. The first kappa shape index (κ1) is 15.9. The Morgan fingerprint density at radius 3 is 2.78 bits per heavy atom. The highest BCUT2D eigenvalue weighted by Crippen LogP contribution is 2.53. The topological polar surface area (TPSA) is 51.7 Å². The van der Waals surface area contributed by atoms with Gasteiger partial charge >= 0.3 is 0 Å². The Morgan fingerprint density at radius 1 is 1.11 bits per heavy atom. The summed E-state index contributed by atoms with van der Waals surface area (Å²) >= 11 is 0. The van der Waals surface area contributed by atoms with Crippen molar-refractivity contribution in [3.63, 3.8) is 0 Å². The molecule has 3 aromatic rings. The molecule has 1 spiro atoms. The second kappa shape index (κ2) is 5.84. The van der Waals surface area contributed by atoms with Crippen LogP contribution in [0.15, 0.2) is 66.9 Å². The predicted molar refractivity (Wildman–Crippen MR) is 101 cm³/mol. The van der Waals surface area contributed by atoms with E-state index in [1.807, 2.05) is 65.6 Å². The molecule has 3 heterocycles. The normalized spacial score (nSPS) is 19.7. The van der Waals surface area contributed by atoms with Gasteiger partial charge < -0.3 is 14.4 Å². The lowest BCUT2D eigenvalue weighted by atomic mass is 9.77. The zero-order valence-electron chi connectivity index (χ0n) is 14.9. The number of hydrogen-bond donors (Lipinski definition) is 0. The number of fused-ring (bicyclic) bond motifs is 4. The van der Waals surface area contributed by atoms with Crippen LogP contribution in [0.3, 0.4) is 0 Å². The fraction of sp³-hybridized carbons (Fsp3) is 0.182. The van der Waals surface area contributed by atoms with Gasteiger partial charge in [0.15, 0.2) is 0 Å². The van der Waals surface area contributed by atoms with Crippen LogP contribution in [0.5, 0.6) is 11.5 Å². The van der Waals surface area contributed by atoms with Gasteiger partial charge in [0.2, 0.25) is 5.91 Å². The van der Waals surface area contributed by atoms with Gasteiger partial charge in [-0.15, -0.1) is 0 Å². The molecule has 1 unspecified atom stereocenters. The monoisotopic (exact) mass is 358 g/mol. The van der Waals surface area contributed by atoms with Crippen LogP contribution in [-0.2, 0) is 16.8 Å². The van der Waals surface area contributed by atoms with Gasteiger partial charge in [0, 0.05) is 23.5 Å². The summed E-state index contributed by atoms with van der Waals surface area (Å²) < 4.78 is 11.3. The number of methoxy groups -OCH3 is 1. The maximum atomic E-state index is 13.7. The average Bonchev–Trinajstić information content (AvgIpc) is 3.21. The van der Waals surface area contributed by atoms with E-state index in [0.717, 1.165) is 28.3 Å². The van der Waals surface area contributed by atoms with Gasteiger partial charge in [-0.2, -0.15) is 0 Å². The second-order valence-corrected chi connectivity index (χ2v) is 6.79. The first-order valence-electron chi connectivity index (χ1n) is 8.87. The van der Waals surface area contributed by atoms with Crippen LogP contribution in [0.25, 0.3) is 0 Å². The number of pyridine rings is 1. The van der Waals surface area contributed by atoms with Gasteiger partial charge in [-0.1, -0.05) is 30.3 Å². The molecule has 5 rings (SSSR count). The molecular weight excluding hydrogens is 340 g/mol. The molecule has 0 bridgehead atoms. The van der Waals surface area contributed by atoms with Crippen molar-refractivity contribution in [2.75, 3.05) is 18.6 Å². The van der Waals surface area contributed by atoms with Crippen molar-refractivity contribution in [1.82, 2.24) is 4.98 Å². The molecule has 0 radical (unpaired) electrons. The van der Waals surface area contributed by atoms with E-state index in [2.05, 4.69) is 4.98 Å². The largest absolute Gasteiger partial charge is 0.497 e. The molecule has 1 amide bonds. The molecule has 2 aliphatic heterocycles. The summed E-state index contributed by atoms with van der Waals surface area (Å²) in [6.07, 6.45) is 1.75. The van der Waals surface area contributed by atoms with Crippen LogP contribution in [0, 0.1) is 0 Å². The van der Waals surface area contributed by atoms with Crippen molar-refractivity contribution in [3.8, 4) is 11.5 Å². The molecule has 0 saturated heterocycles. The first-order valence-corrected chi connectivity index (χ1v) is 8.87. The van der Waals surface area contributed by atoms with E-state index < -0.39 is 5.41 Å². The lowest BCUT2D eigenvalue weighted by Crippen LogP contribution is -2.42. The summed E-state index contributed by atoms with van der Waals surface area (Å²) in [7, 11) is 1.62. The minimum absolute atomic E-state index is 0.0262. The molecule has 2 aliphatic rings. The fourth-order valence-corrected chi connectivity index (χ4v) is 4.10. The molecule has 134 valence electrons. The lowest BCUT2D eigenvalue weighted by molar-refractivity contribution is -0.122. The number of rotatable bonds is 3. The second-order valence-electron chi connectivity index (χ2n) is 6.79. The van der Waals surface area contributed by atoms with E-state index >= 15 is 0 Å². The number of aromatic nitrogens is 1. The highest BCUT2D eigenvalue weighted by atomic mass is 16.5. The predicted octanol–water partition coefficient (Wildman–Crippen LogP) is 3.32. The molecule has 0 N–H and O–H groups in total. The highest BCUT2D eigenvalue weighted by Gasteiger charge is 2.56. The van der Waals surface area contributed by atoms with E-state index in [0.29, 0.717) is 18.9 Å². The smallest absolute Gasteiger partial charge is 0.246 e. The van der Waals surface area contributed by atoms with Crippen molar-refractivity contribution in [3.05, 3.63) is 83.7 Å². The third-order valence-corrected chi connectivity index (χ3v) is 5.40. The third-order valence-electron chi connectivity index (χ3n) is 5.40. The van der Waals surface area contributed by atoms with E-state index in [-0.39, 0.29) is 5.91 Å². The Hall–Kier alpha value is -3.34. The number of amides is 1. The molecule has 1 aromatic heterocycles. The van der Waals surface area contributed by atoms with Crippen molar-refractivity contribution < 1.29 is 14.3 Å². The minimum atomic E-state index is -0.813. The lowest BCUT2D eigenvalue weighted by Gasteiger charge is -2.23. The van der Waals surface area contributed by atoms with Gasteiger partial charge in [-0.05, 0) is 29.8 Å². The van der Waals surface area contributed by atoms with E-state index in [1.165, 1.54) is 0 Å². The molecule has 2 aromatic carbocycles. The number of anilines is 1. The molecule has 0 fully saturated rings. The quantitative estimate of drug-likeness (QED) is 0.721. The standard InChI is InChI=1S/C22H18N2O3/c1-26-16-9-10-18-20(12-16)27-14-22(18)17-7-2-3-8-19(17)24(21(22)25)13-15-6-4-5-11-23-15/h2-12H,13-14H2,1H3. The van der Waals surface area contributed by atoms with Crippen LogP contribution in [0.4, 0.5) is 5.69 Å². The van der Waals surface area contributed by atoms with Gasteiger partial charge in [-0.3, -0.25) is 9.78 Å². The van der Waals surface area contributed by atoms with Gasteiger partial charge in [0.05, 0.1) is 19.3 Å². The van der Waals surface area contributed by atoms with E-state index in [9.17, 15) is 4.79 Å². The number of carbonyl (C=O) groups excluding carboxylic acids is 1. The molecule has 5 nitrogen and oxygen atoms in total. The Labute approximate surface area is 157 Å². The fourth-order valence-electron chi connectivity index (χ4n) is 4.10. The number of hydrogen-bond acceptors (Lipinski definition) is 4. The Balaban J connectivity index is 1.65. The molecule has 0 saturated carbocycles. The Kier molecular flexibility index (Phi) is 3.44. The summed E-state index contributed by atoms with van der Waals surface area (Å²) in [5.74, 6) is 1.45. The third kappa shape index (κ3) is 2.18. The molecule has 0 aliphatic carbocycles. The number of para-hydroxylation sites is 1. The summed E-state index contributed by atoms with van der Waals surface area (Å²) in [6.45, 7) is 0.730. The summed E-state index contributed by atoms with van der Waals surface area (Å²) in [6, 6.07) is 19.4. The molecule has 5 heteroatoms. The summed E-state index contributed by atoms with van der Waals surface area (Å²) in [5.41, 5.74) is 2.83. The Bertz CT molecular complexity index is 1030. The maximum absolute atomic E-state index is 13.7. The highest BCUT2D eigenvalue weighted by molar-refractivity contribution is 6.11. The van der Waals surface area contributed by atoms with Crippen molar-refractivity contribution in [2.24, 2.45) is 0 Å². The SMILES string of the molecule is COc1ccc2c(c1)OCC21C(=O)N(Cc2ccccn2)c2ccccc21. The van der Waals surface area contributed by atoms with E-state index in [1.54, 1.807) is 13.3 Å². The molecule has 27 heavy (non-hydrogen) atoms. The van der Waals surface area contributed by atoms with Crippen LogP contribution >= 0.6 is 0 Å². The molecular formula is C22H18N2O3. The van der Waals surface area contributed by atoms with Gasteiger partial charge in [-0.25, -0.2) is 0 Å². The van der Waals surface area contributed by atoms with Crippen molar-refractivity contribution in [2.45, 2.75) is 12.0 Å². The first-order chi connectivity index (χ1) is 13.2. The Morgan fingerprint density at radius 2 is 1.96 bits per heavy atom. The molecule has 1 atom stereocenters. The summed E-state index contributed by atoms with van der Waals surface area (Å²) in [5, 5.41) is 0. The van der Waals surface area contributed by atoms with Crippen LogP contribution in [0.2, 0.25) is 0 Å². The zero-order chi connectivity index (χ0) is 18.4. The minimum Gasteiger partial charge on any atom is -0.497 e. The van der Waals surface area contributed by atoms with Crippen LogP contribution in [-0.4, -0.2) is 24.6 Å². The van der Waals surface area contributed by atoms with Crippen molar-refractivity contribution in [1.29, 1.82) is 0 Å². The van der Waals surface area contributed by atoms with Gasteiger partial charge in [0.1, 0.15) is 23.5 Å². The zero-order valence-corrected chi connectivity index (χ0v) is 14.9. The van der Waals surface area contributed by atoms with Gasteiger partial charge in [0.25, 0.3) is 0 Å².